The van der Waals surface area contributed by atoms with Crippen molar-refractivity contribution in [2.75, 3.05) is 7.05 Å². The number of amides is 2. The Hall–Kier alpha value is -2.42. The zero-order chi connectivity index (χ0) is 21.8. The highest BCUT2D eigenvalue weighted by Gasteiger charge is 2.23. The van der Waals surface area contributed by atoms with E-state index in [4.69, 9.17) is 16.7 Å². The van der Waals surface area contributed by atoms with Gasteiger partial charge in [0.2, 0.25) is 21.8 Å². The Bertz CT molecular complexity index is 993. The third kappa shape index (κ3) is 6.28. The van der Waals surface area contributed by atoms with E-state index in [0.29, 0.717) is 10.6 Å². The Labute approximate surface area is 175 Å². The molecule has 2 amide bonds. The zero-order valence-electron chi connectivity index (χ0n) is 16.4. The van der Waals surface area contributed by atoms with Crippen molar-refractivity contribution in [2.24, 2.45) is 5.14 Å². The molecular weight excluding hydrogens is 414 g/mol. The number of sulfonamides is 1. The molecule has 0 spiro atoms. The van der Waals surface area contributed by atoms with E-state index in [0.717, 1.165) is 5.56 Å². The van der Waals surface area contributed by atoms with Crippen molar-refractivity contribution in [2.45, 2.75) is 37.2 Å². The molecular formula is C20H24ClN3O4S. The Morgan fingerprint density at radius 2 is 1.76 bits per heavy atom. The van der Waals surface area contributed by atoms with Crippen molar-refractivity contribution in [3.8, 4) is 0 Å². The predicted octanol–water partition coefficient (Wildman–Crippen LogP) is 2.77. The number of carbonyl (C=O) groups excluding carboxylic acids is 2. The number of nitrogens with zero attached hydrogens (tertiary/aromatic N) is 1. The fraction of sp³-hybridized carbons (Fsp3) is 0.300. The molecule has 0 saturated carbocycles. The SMILES string of the molecule is CC(=O)NC(CC(=O)N(C)C(C)c1cccc(S(N)(=O)=O)c1)c1ccc(Cl)cc1. The molecule has 2 aromatic carbocycles. The second-order valence-corrected chi connectivity index (χ2v) is 8.80. The molecule has 0 bridgehead atoms. The van der Waals surface area contributed by atoms with Crippen LogP contribution in [0.2, 0.25) is 5.02 Å². The number of nitrogens with one attached hydrogen (secondary N) is 1. The van der Waals surface area contributed by atoms with Crippen LogP contribution in [0.4, 0.5) is 0 Å². The minimum absolute atomic E-state index is 0.0139. The molecule has 0 fully saturated rings. The molecule has 3 N–H and O–H groups in total. The smallest absolute Gasteiger partial charge is 0.238 e. The Morgan fingerprint density at radius 3 is 2.31 bits per heavy atom. The summed E-state index contributed by atoms with van der Waals surface area (Å²) < 4.78 is 23.2. The number of primary sulfonamides is 1. The van der Waals surface area contributed by atoms with Gasteiger partial charge >= 0.3 is 0 Å². The van der Waals surface area contributed by atoms with Gasteiger partial charge in [0.1, 0.15) is 0 Å². The van der Waals surface area contributed by atoms with Crippen LogP contribution in [0.3, 0.4) is 0 Å². The van der Waals surface area contributed by atoms with Crippen molar-refractivity contribution in [1.82, 2.24) is 10.2 Å². The molecule has 7 nitrogen and oxygen atoms in total. The summed E-state index contributed by atoms with van der Waals surface area (Å²) in [7, 11) is -2.21. The molecule has 0 heterocycles. The van der Waals surface area contributed by atoms with Gasteiger partial charge in [-0.25, -0.2) is 13.6 Å². The van der Waals surface area contributed by atoms with Crippen LogP contribution in [-0.2, 0) is 19.6 Å². The van der Waals surface area contributed by atoms with Crippen LogP contribution < -0.4 is 10.5 Å². The molecule has 0 aliphatic heterocycles. The normalized spacial score (nSPS) is 13.4. The molecule has 29 heavy (non-hydrogen) atoms. The fourth-order valence-corrected chi connectivity index (χ4v) is 3.60. The maximum Gasteiger partial charge on any atom is 0.238 e. The van der Waals surface area contributed by atoms with Crippen LogP contribution >= 0.6 is 11.6 Å². The van der Waals surface area contributed by atoms with Crippen LogP contribution in [-0.4, -0.2) is 32.2 Å². The summed E-state index contributed by atoms with van der Waals surface area (Å²) in [6.45, 7) is 3.17. The van der Waals surface area contributed by atoms with Crippen LogP contribution in [0, 0.1) is 0 Å². The van der Waals surface area contributed by atoms with Gasteiger partial charge in [-0.1, -0.05) is 35.9 Å². The third-order valence-electron chi connectivity index (χ3n) is 4.67. The Balaban J connectivity index is 2.20. The van der Waals surface area contributed by atoms with Gasteiger partial charge in [-0.2, -0.15) is 0 Å². The van der Waals surface area contributed by atoms with Crippen LogP contribution in [0.5, 0.6) is 0 Å². The van der Waals surface area contributed by atoms with Crippen LogP contribution in [0.1, 0.15) is 43.5 Å². The lowest BCUT2D eigenvalue weighted by atomic mass is 10.0. The molecule has 0 aliphatic carbocycles. The van der Waals surface area contributed by atoms with Crippen molar-refractivity contribution in [1.29, 1.82) is 0 Å². The number of nitrogens with two attached hydrogens (primary N) is 1. The average Bonchev–Trinajstić information content (AvgIpc) is 2.66. The fourth-order valence-electron chi connectivity index (χ4n) is 2.90. The lowest BCUT2D eigenvalue weighted by Gasteiger charge is -2.28. The van der Waals surface area contributed by atoms with Crippen molar-refractivity contribution < 1.29 is 18.0 Å². The molecule has 2 aromatic rings. The van der Waals surface area contributed by atoms with Gasteiger partial charge in [-0.3, -0.25) is 9.59 Å². The zero-order valence-corrected chi connectivity index (χ0v) is 18.0. The predicted molar refractivity (Wildman–Crippen MR) is 112 cm³/mol. The van der Waals surface area contributed by atoms with Gasteiger partial charge in [-0.05, 0) is 42.3 Å². The van der Waals surface area contributed by atoms with Gasteiger partial charge in [0.05, 0.1) is 23.4 Å². The van der Waals surface area contributed by atoms with E-state index in [-0.39, 0.29) is 23.1 Å². The topological polar surface area (TPSA) is 110 Å². The molecule has 0 aliphatic rings. The Morgan fingerprint density at radius 1 is 1.14 bits per heavy atom. The highest BCUT2D eigenvalue weighted by molar-refractivity contribution is 7.89. The maximum absolute atomic E-state index is 12.9. The molecule has 2 rings (SSSR count). The van der Waals surface area contributed by atoms with E-state index in [9.17, 15) is 18.0 Å². The molecule has 0 saturated heterocycles. The lowest BCUT2D eigenvalue weighted by Crippen LogP contribution is -2.35. The van der Waals surface area contributed by atoms with Gasteiger partial charge < -0.3 is 10.2 Å². The molecule has 2 unspecified atom stereocenters. The van der Waals surface area contributed by atoms with Gasteiger partial charge in [0.15, 0.2) is 0 Å². The van der Waals surface area contributed by atoms with E-state index in [1.807, 2.05) is 0 Å². The first-order valence-corrected chi connectivity index (χ1v) is 10.8. The van der Waals surface area contributed by atoms with E-state index in [1.54, 1.807) is 50.4 Å². The molecule has 2 atom stereocenters. The minimum atomic E-state index is -3.84. The standard InChI is InChI=1S/C20H24ClN3O4S/c1-13(16-5-4-6-18(11-16)29(22,27)28)24(3)20(26)12-19(23-14(2)25)15-7-9-17(21)10-8-15/h4-11,13,19H,12H2,1-3H3,(H,23,25)(H2,22,27,28). The summed E-state index contributed by atoms with van der Waals surface area (Å²) >= 11 is 5.92. The number of hydrogen-bond donors (Lipinski definition) is 2. The van der Waals surface area contributed by atoms with E-state index < -0.39 is 22.1 Å². The summed E-state index contributed by atoms with van der Waals surface area (Å²) in [6.07, 6.45) is 0.0386. The summed E-state index contributed by atoms with van der Waals surface area (Å²) in [5, 5.41) is 8.53. The highest BCUT2D eigenvalue weighted by atomic mass is 35.5. The Kier molecular flexibility index (Phi) is 7.40. The number of halogens is 1. The van der Waals surface area contributed by atoms with Crippen LogP contribution in [0.25, 0.3) is 0 Å². The summed E-state index contributed by atoms with van der Waals surface area (Å²) in [4.78, 5) is 26.0. The van der Waals surface area contributed by atoms with Gasteiger partial charge in [0.25, 0.3) is 0 Å². The summed E-state index contributed by atoms with van der Waals surface area (Å²) in [5.41, 5.74) is 1.39. The summed E-state index contributed by atoms with van der Waals surface area (Å²) in [6, 6.07) is 12.2. The average molecular weight is 438 g/mol. The van der Waals surface area contributed by atoms with Crippen molar-refractivity contribution in [3.05, 3.63) is 64.7 Å². The quantitative estimate of drug-likeness (QED) is 0.693. The second kappa shape index (κ2) is 9.39. The largest absolute Gasteiger partial charge is 0.349 e. The number of benzene rings is 2. The summed E-state index contributed by atoms with van der Waals surface area (Å²) in [5.74, 6) is -0.471. The first-order chi connectivity index (χ1) is 13.5. The van der Waals surface area contributed by atoms with Crippen molar-refractivity contribution >= 4 is 33.4 Å². The first-order valence-electron chi connectivity index (χ1n) is 8.90. The molecule has 156 valence electrons. The van der Waals surface area contributed by atoms with Crippen molar-refractivity contribution in [3.63, 3.8) is 0 Å². The number of hydrogen-bond acceptors (Lipinski definition) is 4. The molecule has 9 heteroatoms. The van der Waals surface area contributed by atoms with Gasteiger partial charge in [-0.15, -0.1) is 0 Å². The lowest BCUT2D eigenvalue weighted by molar-refractivity contribution is -0.132. The number of rotatable bonds is 7. The first kappa shape index (κ1) is 22.9. The highest BCUT2D eigenvalue weighted by Crippen LogP contribution is 2.25. The van der Waals surface area contributed by atoms with E-state index in [1.165, 1.54) is 24.0 Å². The van der Waals surface area contributed by atoms with E-state index in [2.05, 4.69) is 5.32 Å². The third-order valence-corrected chi connectivity index (χ3v) is 5.83. The van der Waals surface area contributed by atoms with Gasteiger partial charge in [0, 0.05) is 19.0 Å². The molecule has 0 radical (unpaired) electrons. The second-order valence-electron chi connectivity index (χ2n) is 6.81. The van der Waals surface area contributed by atoms with E-state index >= 15 is 0 Å². The monoisotopic (exact) mass is 437 g/mol. The number of carbonyl (C=O) groups is 2. The minimum Gasteiger partial charge on any atom is -0.349 e. The van der Waals surface area contributed by atoms with Crippen LogP contribution in [0.15, 0.2) is 53.4 Å². The molecule has 0 aromatic heterocycles. The maximum atomic E-state index is 12.9.